The summed E-state index contributed by atoms with van der Waals surface area (Å²) in [5, 5.41) is 5.40. The summed E-state index contributed by atoms with van der Waals surface area (Å²) in [6.07, 6.45) is 5.76. The Labute approximate surface area is 316 Å². The fraction of sp³-hybridized carbons (Fsp3) is 0.579. The van der Waals surface area contributed by atoms with Gasteiger partial charge in [-0.15, -0.1) is 0 Å². The lowest BCUT2D eigenvalue weighted by molar-refractivity contribution is -0.136. The number of piperazine rings is 1. The van der Waals surface area contributed by atoms with E-state index in [9.17, 15) is 19.2 Å². The maximum atomic E-state index is 13.5. The number of carbonyl (C=O) groups excluding carboxylic acids is 4. The molecule has 16 nitrogen and oxygen atoms in total. The molecule has 0 unspecified atom stereocenters. The number of ether oxygens (including phenoxy) is 2. The third-order valence-electron chi connectivity index (χ3n) is 10.8. The molecule has 6 rings (SSSR count). The van der Waals surface area contributed by atoms with Crippen molar-refractivity contribution in [3.63, 3.8) is 0 Å². The summed E-state index contributed by atoms with van der Waals surface area (Å²) >= 11 is 0. The Morgan fingerprint density at radius 2 is 1.17 bits per heavy atom. The van der Waals surface area contributed by atoms with E-state index in [1.165, 1.54) is 14.2 Å². The number of amides is 4. The normalized spacial score (nSPS) is 20.0. The Morgan fingerprint density at radius 3 is 1.67 bits per heavy atom. The highest BCUT2D eigenvalue weighted by atomic mass is 16.5. The Morgan fingerprint density at radius 1 is 0.685 bits per heavy atom. The van der Waals surface area contributed by atoms with E-state index in [2.05, 4.69) is 59.7 Å². The number of carbonyl (C=O) groups is 4. The van der Waals surface area contributed by atoms with Crippen LogP contribution in [0.4, 0.5) is 21.1 Å². The van der Waals surface area contributed by atoms with E-state index in [0.29, 0.717) is 13.1 Å². The van der Waals surface area contributed by atoms with Gasteiger partial charge in [-0.3, -0.25) is 9.59 Å². The molecule has 0 saturated carbocycles. The molecule has 0 radical (unpaired) electrons. The predicted octanol–water partition coefficient (Wildman–Crippen LogP) is 4.21. The van der Waals surface area contributed by atoms with Gasteiger partial charge in [-0.25, -0.2) is 19.6 Å². The molecule has 3 aliphatic heterocycles. The van der Waals surface area contributed by atoms with Crippen molar-refractivity contribution in [2.45, 2.75) is 77.5 Å². The first-order valence-electron chi connectivity index (χ1n) is 19.0. The van der Waals surface area contributed by atoms with Crippen LogP contribution < -0.4 is 20.4 Å². The minimum absolute atomic E-state index is 0.0923. The summed E-state index contributed by atoms with van der Waals surface area (Å²) < 4.78 is 9.51. The van der Waals surface area contributed by atoms with Gasteiger partial charge in [-0.05, 0) is 55.2 Å². The molecule has 292 valence electrons. The van der Waals surface area contributed by atoms with Crippen molar-refractivity contribution in [3.05, 3.63) is 48.3 Å². The molecular formula is C38H54N10O6. The zero-order chi connectivity index (χ0) is 38.5. The van der Waals surface area contributed by atoms with Crippen molar-refractivity contribution in [1.29, 1.82) is 0 Å². The minimum Gasteiger partial charge on any atom is -0.453 e. The molecule has 0 spiro atoms. The van der Waals surface area contributed by atoms with E-state index >= 15 is 0 Å². The molecule has 4 N–H and O–H groups in total. The summed E-state index contributed by atoms with van der Waals surface area (Å²) in [5.74, 6) is 1.99. The lowest BCUT2D eigenvalue weighted by Gasteiger charge is -2.36. The predicted molar refractivity (Wildman–Crippen MR) is 203 cm³/mol. The fourth-order valence-corrected chi connectivity index (χ4v) is 7.75. The lowest BCUT2D eigenvalue weighted by atomic mass is 10.0. The number of anilines is 2. The van der Waals surface area contributed by atoms with Gasteiger partial charge in [0.25, 0.3) is 0 Å². The molecular weight excluding hydrogens is 692 g/mol. The number of benzene rings is 1. The molecule has 3 fully saturated rings. The number of rotatable bonds is 11. The van der Waals surface area contributed by atoms with Gasteiger partial charge >= 0.3 is 12.2 Å². The number of imidazole rings is 2. The van der Waals surface area contributed by atoms with Gasteiger partial charge in [-0.1, -0.05) is 39.8 Å². The largest absolute Gasteiger partial charge is 0.453 e. The molecule has 16 heteroatoms. The number of aromatic nitrogens is 4. The number of nitrogens with zero attached hydrogens (tertiary/aromatic N) is 6. The summed E-state index contributed by atoms with van der Waals surface area (Å²) in [6, 6.07) is 6.71. The molecule has 3 saturated heterocycles. The van der Waals surface area contributed by atoms with Gasteiger partial charge in [-0.2, -0.15) is 0 Å². The highest BCUT2D eigenvalue weighted by molar-refractivity contribution is 5.87. The lowest BCUT2D eigenvalue weighted by Crippen LogP contribution is -2.51. The van der Waals surface area contributed by atoms with Crippen LogP contribution in [0.5, 0.6) is 0 Å². The number of nitrogens with one attached hydrogen (secondary N) is 4. The van der Waals surface area contributed by atoms with Gasteiger partial charge in [0.15, 0.2) is 0 Å². The summed E-state index contributed by atoms with van der Waals surface area (Å²) in [5.41, 5.74) is 3.02. The SMILES string of the molecule is COC(=O)N[C@H](C(=O)N1CCC[C@H]1c1ncc(-c2ccc(N3CCN(c4cnc([C@@H]5CCCN5C(=O)[C@@H](NC(=O)OC)C(C)C)[nH]4)CC3)cc2)[nH]1)C(C)C. The van der Waals surface area contributed by atoms with Gasteiger partial charge in [0.05, 0.1) is 44.4 Å². The minimum atomic E-state index is -0.680. The third-order valence-corrected chi connectivity index (χ3v) is 10.8. The zero-order valence-corrected chi connectivity index (χ0v) is 32.1. The number of hydrogen-bond donors (Lipinski definition) is 4. The van der Waals surface area contributed by atoms with Crippen LogP contribution in [-0.2, 0) is 19.1 Å². The average Bonchev–Trinajstić information content (AvgIpc) is 4.02. The molecule has 4 atom stereocenters. The van der Waals surface area contributed by atoms with Gasteiger partial charge in [0, 0.05) is 45.0 Å². The standard InChI is InChI=1S/C38H54N10O6/c1-23(2)31(43-37(51)53-5)35(49)47-15-7-9-28(47)33-39-21-27(41-33)25-11-13-26(14-12-25)45-17-19-46(20-18-45)30-22-40-34(42-30)29-10-8-16-48(29)36(50)32(24(3)4)44-38(52)54-6/h11-14,21-24,28-29,31-32H,7-10,15-20H2,1-6H3,(H,39,41)(H,40,42)(H,43,51)(H,44,52)/t28-,29-,31-,32-/m0/s1. The van der Waals surface area contributed by atoms with Crippen LogP contribution in [-0.4, -0.2) is 119 Å². The second kappa shape index (κ2) is 16.8. The summed E-state index contributed by atoms with van der Waals surface area (Å²) in [4.78, 5) is 75.6. The topological polar surface area (TPSA) is 181 Å². The Hall–Kier alpha value is -5.28. The first kappa shape index (κ1) is 38.4. The summed E-state index contributed by atoms with van der Waals surface area (Å²) in [6.45, 7) is 12.1. The second-order valence-electron chi connectivity index (χ2n) is 15.0. The van der Waals surface area contributed by atoms with Crippen molar-refractivity contribution in [2.75, 3.05) is 63.3 Å². The van der Waals surface area contributed by atoms with Crippen LogP contribution in [0, 0.1) is 11.8 Å². The molecule has 4 amide bonds. The maximum absolute atomic E-state index is 13.5. The van der Waals surface area contributed by atoms with Crippen LogP contribution in [0.3, 0.4) is 0 Å². The fourth-order valence-electron chi connectivity index (χ4n) is 7.75. The van der Waals surface area contributed by atoms with E-state index in [0.717, 1.165) is 86.3 Å². The number of aromatic amines is 2. The van der Waals surface area contributed by atoms with Crippen LogP contribution in [0.1, 0.15) is 77.1 Å². The second-order valence-corrected chi connectivity index (χ2v) is 15.0. The molecule has 0 bridgehead atoms. The van der Waals surface area contributed by atoms with Crippen molar-refractivity contribution in [1.82, 2.24) is 40.4 Å². The van der Waals surface area contributed by atoms with Crippen molar-refractivity contribution < 1.29 is 28.7 Å². The smallest absolute Gasteiger partial charge is 0.407 e. The molecule has 54 heavy (non-hydrogen) atoms. The molecule has 5 heterocycles. The van der Waals surface area contributed by atoms with Crippen molar-refractivity contribution >= 4 is 35.5 Å². The van der Waals surface area contributed by atoms with E-state index < -0.39 is 24.3 Å². The number of likely N-dealkylation sites (tertiary alicyclic amines) is 2. The summed E-state index contributed by atoms with van der Waals surface area (Å²) in [7, 11) is 2.59. The first-order valence-corrected chi connectivity index (χ1v) is 19.0. The molecule has 3 aliphatic rings. The third kappa shape index (κ3) is 8.26. The van der Waals surface area contributed by atoms with E-state index in [-0.39, 0.29) is 35.7 Å². The van der Waals surface area contributed by atoms with E-state index in [1.807, 2.05) is 49.9 Å². The van der Waals surface area contributed by atoms with Crippen LogP contribution in [0.2, 0.25) is 0 Å². The van der Waals surface area contributed by atoms with Crippen molar-refractivity contribution in [2.24, 2.45) is 11.8 Å². The highest BCUT2D eigenvalue weighted by Gasteiger charge is 2.39. The number of hydrogen-bond acceptors (Lipinski definition) is 10. The van der Waals surface area contributed by atoms with Crippen LogP contribution in [0.25, 0.3) is 11.3 Å². The van der Waals surface area contributed by atoms with E-state index in [1.54, 1.807) is 0 Å². The molecule has 1 aromatic carbocycles. The van der Waals surface area contributed by atoms with Gasteiger partial charge in [0.2, 0.25) is 11.8 Å². The monoisotopic (exact) mass is 746 g/mol. The zero-order valence-electron chi connectivity index (χ0n) is 32.1. The molecule has 0 aliphatic carbocycles. The Balaban J connectivity index is 1.04. The number of methoxy groups -OCH3 is 2. The quantitative estimate of drug-likeness (QED) is 0.222. The average molecular weight is 747 g/mol. The van der Waals surface area contributed by atoms with E-state index in [4.69, 9.17) is 14.5 Å². The van der Waals surface area contributed by atoms with Gasteiger partial charge < -0.3 is 49.7 Å². The molecule has 2 aromatic heterocycles. The Kier molecular flexibility index (Phi) is 12.0. The Bertz CT molecular complexity index is 1770. The maximum Gasteiger partial charge on any atom is 0.407 e. The highest BCUT2D eigenvalue weighted by Crippen LogP contribution is 2.34. The van der Waals surface area contributed by atoms with Crippen LogP contribution >= 0.6 is 0 Å². The van der Waals surface area contributed by atoms with Crippen molar-refractivity contribution in [3.8, 4) is 11.3 Å². The number of H-pyrrole nitrogens is 2. The van der Waals surface area contributed by atoms with Crippen LogP contribution in [0.15, 0.2) is 36.7 Å². The van der Waals surface area contributed by atoms with Gasteiger partial charge in [0.1, 0.15) is 29.6 Å². The first-order chi connectivity index (χ1) is 26.0. The number of alkyl carbamates (subject to hydrolysis) is 2. The molecule has 3 aromatic rings.